The van der Waals surface area contributed by atoms with E-state index in [1.54, 1.807) is 0 Å². The molecule has 0 spiro atoms. The molecule has 0 aliphatic heterocycles. The standard InChI is InChI=1S/C73H134O17P2/c1-5-9-13-17-21-25-29-31-32-33-34-36-39-42-46-50-54-58-71(76)84-64-69(90-73(78)60-56-52-48-44-40-35-30-26-22-18-14-10-6-2)66-88-92(81,82)86-62-67(74)61-85-91(79,80)87-65-68(89-72(77)59-55-51-47-43-38-28-24-20-16-12-8-4)63-83-70(75)57-53-49-45-41-37-27-23-19-15-11-7-3/h9,13,19,21,23,25,31-32,67-69,74H,5-8,10-12,14-18,20,22,24,26-30,33-66H2,1-4H3,(H,79,80)(H,81,82)/b13-9-,23-19-,25-21-,32-31-. The lowest BCUT2D eigenvalue weighted by atomic mass is 10.0. The highest BCUT2D eigenvalue weighted by molar-refractivity contribution is 7.47. The Hall–Kier alpha value is -2.98. The molecule has 0 bridgehead atoms. The van der Waals surface area contributed by atoms with Crippen molar-refractivity contribution in [3.05, 3.63) is 48.6 Å². The molecule has 0 heterocycles. The molecule has 3 N–H and O–H groups in total. The summed E-state index contributed by atoms with van der Waals surface area (Å²) in [6.45, 7) is 4.74. The molecule has 0 aliphatic carbocycles. The highest BCUT2D eigenvalue weighted by Crippen LogP contribution is 2.45. The van der Waals surface area contributed by atoms with Crippen molar-refractivity contribution in [3.63, 3.8) is 0 Å². The van der Waals surface area contributed by atoms with Crippen molar-refractivity contribution in [2.75, 3.05) is 39.6 Å². The molecular weight excluding hydrogens is 1210 g/mol. The second-order valence-electron chi connectivity index (χ2n) is 24.9. The van der Waals surface area contributed by atoms with Crippen LogP contribution in [-0.4, -0.2) is 96.7 Å². The van der Waals surface area contributed by atoms with Gasteiger partial charge in [-0.25, -0.2) is 9.13 Å². The summed E-state index contributed by atoms with van der Waals surface area (Å²) < 4.78 is 68.3. The van der Waals surface area contributed by atoms with Gasteiger partial charge in [-0.3, -0.25) is 37.3 Å². The third-order valence-electron chi connectivity index (χ3n) is 15.8. The van der Waals surface area contributed by atoms with Crippen molar-refractivity contribution >= 4 is 39.5 Å². The van der Waals surface area contributed by atoms with E-state index in [0.29, 0.717) is 25.7 Å². The Morgan fingerprint density at radius 2 is 0.576 bits per heavy atom. The van der Waals surface area contributed by atoms with Gasteiger partial charge in [0.15, 0.2) is 12.2 Å². The molecule has 0 fully saturated rings. The number of carbonyl (C=O) groups excluding carboxylic acids is 4. The Morgan fingerprint density at radius 3 is 0.913 bits per heavy atom. The van der Waals surface area contributed by atoms with E-state index in [9.17, 15) is 43.2 Å². The Balaban J connectivity index is 5.27. The SMILES string of the molecule is CC/C=C\C/C=C\C/C=C\CCCCCCCCCC(=O)OCC(COP(=O)(O)OCC(O)COP(=O)(O)OCC(COC(=O)CCCCCCC/C=C\CCCC)OC(=O)CCCCCCCCCCCCC)OC(=O)CCCCCCCCCCCCCCC. The molecule has 17 nitrogen and oxygen atoms in total. The minimum atomic E-state index is -4.96. The van der Waals surface area contributed by atoms with E-state index in [1.165, 1.54) is 103 Å². The third kappa shape index (κ3) is 65.7. The predicted octanol–water partition coefficient (Wildman–Crippen LogP) is 20.6. The van der Waals surface area contributed by atoms with E-state index in [2.05, 4.69) is 76.3 Å². The van der Waals surface area contributed by atoms with E-state index in [4.69, 9.17) is 37.0 Å². The lowest BCUT2D eigenvalue weighted by Crippen LogP contribution is -2.30. The normalized spacial score (nSPS) is 14.3. The lowest BCUT2D eigenvalue weighted by molar-refractivity contribution is -0.161. The summed E-state index contributed by atoms with van der Waals surface area (Å²) in [5, 5.41) is 10.6. The summed E-state index contributed by atoms with van der Waals surface area (Å²) >= 11 is 0. The van der Waals surface area contributed by atoms with E-state index in [0.717, 1.165) is 154 Å². The van der Waals surface area contributed by atoms with Crippen LogP contribution in [0, 0.1) is 0 Å². The van der Waals surface area contributed by atoms with Gasteiger partial charge in [0, 0.05) is 25.7 Å². The van der Waals surface area contributed by atoms with Gasteiger partial charge in [0.2, 0.25) is 0 Å². The van der Waals surface area contributed by atoms with Crippen molar-refractivity contribution in [1.82, 2.24) is 0 Å². The van der Waals surface area contributed by atoms with Crippen molar-refractivity contribution in [3.8, 4) is 0 Å². The highest BCUT2D eigenvalue weighted by atomic mass is 31.2. The lowest BCUT2D eigenvalue weighted by Gasteiger charge is -2.21. The number of rotatable bonds is 70. The van der Waals surface area contributed by atoms with Gasteiger partial charge in [-0.2, -0.15) is 0 Å². The summed E-state index contributed by atoms with van der Waals surface area (Å²) in [6, 6.07) is 0. The van der Waals surface area contributed by atoms with Crippen LogP contribution in [0.25, 0.3) is 0 Å². The molecule has 5 atom stereocenters. The van der Waals surface area contributed by atoms with Gasteiger partial charge in [0.25, 0.3) is 0 Å². The smallest absolute Gasteiger partial charge is 0.462 e. The molecule has 0 aromatic carbocycles. The number of unbranched alkanes of at least 4 members (excludes halogenated alkanes) is 36. The van der Waals surface area contributed by atoms with Gasteiger partial charge in [-0.1, -0.05) is 282 Å². The molecular formula is C73H134O17P2. The van der Waals surface area contributed by atoms with Gasteiger partial charge in [0.1, 0.15) is 19.3 Å². The maximum atomic E-state index is 13.0. The van der Waals surface area contributed by atoms with Crippen LogP contribution in [-0.2, 0) is 65.4 Å². The minimum Gasteiger partial charge on any atom is -0.462 e. The monoisotopic (exact) mass is 1340 g/mol. The number of esters is 4. The van der Waals surface area contributed by atoms with Gasteiger partial charge in [-0.05, 0) is 77.0 Å². The van der Waals surface area contributed by atoms with Crippen molar-refractivity contribution < 1.29 is 80.2 Å². The predicted molar refractivity (Wildman–Crippen MR) is 372 cm³/mol. The van der Waals surface area contributed by atoms with E-state index in [1.807, 2.05) is 0 Å². The Kier molecular flexibility index (Phi) is 64.5. The quantitative estimate of drug-likeness (QED) is 0.0169. The maximum absolute atomic E-state index is 13.0. The molecule has 92 heavy (non-hydrogen) atoms. The van der Waals surface area contributed by atoms with E-state index >= 15 is 0 Å². The number of hydrogen-bond donors (Lipinski definition) is 3. The zero-order chi connectivity index (χ0) is 67.5. The molecule has 0 rings (SSSR count). The molecule has 5 unspecified atom stereocenters. The maximum Gasteiger partial charge on any atom is 0.472 e. The molecule has 0 aromatic rings. The zero-order valence-corrected chi connectivity index (χ0v) is 60.3. The van der Waals surface area contributed by atoms with Gasteiger partial charge in [-0.15, -0.1) is 0 Å². The minimum absolute atomic E-state index is 0.0999. The van der Waals surface area contributed by atoms with Crippen molar-refractivity contribution in [2.45, 2.75) is 354 Å². The zero-order valence-electron chi connectivity index (χ0n) is 58.5. The summed E-state index contributed by atoms with van der Waals surface area (Å²) in [5.41, 5.74) is 0. The highest BCUT2D eigenvalue weighted by Gasteiger charge is 2.30. The Labute approximate surface area is 559 Å². The van der Waals surface area contributed by atoms with Crippen LogP contribution in [0.15, 0.2) is 48.6 Å². The summed E-state index contributed by atoms with van der Waals surface area (Å²) in [4.78, 5) is 72.6. The average molecular weight is 1350 g/mol. The van der Waals surface area contributed by atoms with E-state index in [-0.39, 0.29) is 25.7 Å². The Bertz CT molecular complexity index is 1940. The van der Waals surface area contributed by atoms with Crippen LogP contribution in [0.4, 0.5) is 0 Å². The van der Waals surface area contributed by atoms with Gasteiger partial charge < -0.3 is 33.8 Å². The largest absolute Gasteiger partial charge is 0.472 e. The van der Waals surface area contributed by atoms with Crippen LogP contribution >= 0.6 is 15.6 Å². The van der Waals surface area contributed by atoms with Crippen molar-refractivity contribution in [1.29, 1.82) is 0 Å². The molecule has 19 heteroatoms. The van der Waals surface area contributed by atoms with Crippen molar-refractivity contribution in [2.24, 2.45) is 0 Å². The average Bonchev–Trinajstić information content (AvgIpc) is 2.89. The topological polar surface area (TPSA) is 237 Å². The molecule has 0 aromatic heterocycles. The first-order chi connectivity index (χ1) is 44.7. The second kappa shape index (κ2) is 66.6. The van der Waals surface area contributed by atoms with E-state index < -0.39 is 97.5 Å². The number of hydrogen-bond acceptors (Lipinski definition) is 15. The number of ether oxygens (including phenoxy) is 4. The number of carbonyl (C=O) groups is 4. The molecule has 0 saturated carbocycles. The molecule has 538 valence electrons. The fraction of sp³-hybridized carbons (Fsp3) is 0.836. The number of aliphatic hydroxyl groups excluding tert-OH is 1. The van der Waals surface area contributed by atoms with Crippen LogP contribution in [0.2, 0.25) is 0 Å². The first-order valence-corrected chi connectivity index (χ1v) is 39.9. The number of aliphatic hydroxyl groups is 1. The molecule has 0 amide bonds. The number of phosphoric ester groups is 2. The number of allylic oxidation sites excluding steroid dienone is 8. The van der Waals surface area contributed by atoms with Gasteiger partial charge >= 0.3 is 39.5 Å². The van der Waals surface area contributed by atoms with Crippen LogP contribution in [0.5, 0.6) is 0 Å². The molecule has 0 radical (unpaired) electrons. The van der Waals surface area contributed by atoms with Crippen LogP contribution < -0.4 is 0 Å². The first-order valence-electron chi connectivity index (χ1n) is 36.9. The van der Waals surface area contributed by atoms with Crippen LogP contribution in [0.3, 0.4) is 0 Å². The fourth-order valence-corrected chi connectivity index (χ4v) is 11.7. The summed E-state index contributed by atoms with van der Waals surface area (Å²) in [7, 11) is -9.92. The summed E-state index contributed by atoms with van der Waals surface area (Å²) in [5.74, 6) is -2.16. The first kappa shape index (κ1) is 89.0. The second-order valence-corrected chi connectivity index (χ2v) is 27.8. The van der Waals surface area contributed by atoms with Crippen LogP contribution in [0.1, 0.15) is 336 Å². The molecule has 0 aliphatic rings. The number of phosphoric acid groups is 2. The molecule has 0 saturated heterocycles. The Morgan fingerprint density at radius 1 is 0.315 bits per heavy atom. The third-order valence-corrected chi connectivity index (χ3v) is 17.7. The summed E-state index contributed by atoms with van der Waals surface area (Å²) in [6.07, 6.45) is 61.1. The van der Waals surface area contributed by atoms with Gasteiger partial charge in [0.05, 0.1) is 26.4 Å². The fourth-order valence-electron chi connectivity index (χ4n) is 10.2.